The fraction of sp³-hybridized carbons (Fsp3) is 0.357. The first-order valence-electron chi connectivity index (χ1n) is 6.19. The number of rotatable bonds is 5. The summed E-state index contributed by atoms with van der Waals surface area (Å²) in [6.07, 6.45) is 1.25. The fourth-order valence-electron chi connectivity index (χ4n) is 2.02. The van der Waals surface area contributed by atoms with Gasteiger partial charge in [-0.1, -0.05) is 18.2 Å². The van der Waals surface area contributed by atoms with Gasteiger partial charge in [0.05, 0.1) is 11.3 Å². The molecular formula is C14H18N2O2S. The number of aryl methyl sites for hydroxylation is 1. The van der Waals surface area contributed by atoms with Crippen LogP contribution >= 0.6 is 0 Å². The molecule has 0 fully saturated rings. The molecule has 0 bridgehead atoms. The largest absolute Gasteiger partial charge is 0.312 e. The lowest BCUT2D eigenvalue weighted by atomic mass is 10.1. The summed E-state index contributed by atoms with van der Waals surface area (Å²) in [5.74, 6) is 0.162. The lowest BCUT2D eigenvalue weighted by Gasteiger charge is -2.09. The quantitative estimate of drug-likeness (QED) is 0.845. The summed E-state index contributed by atoms with van der Waals surface area (Å²) >= 11 is 0. The molecule has 19 heavy (non-hydrogen) atoms. The van der Waals surface area contributed by atoms with Gasteiger partial charge in [-0.3, -0.25) is 4.98 Å². The lowest BCUT2D eigenvalue weighted by molar-refractivity contribution is 0.596. The number of sulfone groups is 1. The van der Waals surface area contributed by atoms with Gasteiger partial charge in [0.25, 0.3) is 0 Å². The first-order valence-corrected chi connectivity index (χ1v) is 8.25. The van der Waals surface area contributed by atoms with Crippen LogP contribution in [0.15, 0.2) is 30.3 Å². The summed E-state index contributed by atoms with van der Waals surface area (Å²) in [5.41, 5.74) is 3.10. The van der Waals surface area contributed by atoms with Crippen LogP contribution in [0.2, 0.25) is 0 Å². The molecule has 5 heteroatoms. The van der Waals surface area contributed by atoms with E-state index in [0.29, 0.717) is 13.1 Å². The maximum atomic E-state index is 11.1. The summed E-state index contributed by atoms with van der Waals surface area (Å²) in [7, 11) is -2.90. The Morgan fingerprint density at radius 2 is 2.00 bits per heavy atom. The van der Waals surface area contributed by atoms with Crippen molar-refractivity contribution in [2.24, 2.45) is 0 Å². The van der Waals surface area contributed by atoms with Crippen LogP contribution in [-0.4, -0.2) is 32.0 Å². The molecule has 0 spiro atoms. The Hall–Kier alpha value is -1.46. The Bertz CT molecular complexity index is 681. The average Bonchev–Trinajstić information content (AvgIpc) is 2.33. The van der Waals surface area contributed by atoms with Gasteiger partial charge in [0, 0.05) is 30.4 Å². The maximum Gasteiger partial charge on any atom is 0.148 e. The predicted octanol–water partition coefficient (Wildman–Crippen LogP) is 1.68. The third-order valence-electron chi connectivity index (χ3n) is 2.90. The summed E-state index contributed by atoms with van der Waals surface area (Å²) in [5, 5.41) is 4.28. The molecule has 0 saturated heterocycles. The van der Waals surface area contributed by atoms with Gasteiger partial charge in [-0.2, -0.15) is 0 Å². The number of fused-ring (bicyclic) bond motifs is 1. The molecule has 0 radical (unpaired) electrons. The number of para-hydroxylation sites is 1. The molecule has 0 atom stereocenters. The summed E-state index contributed by atoms with van der Waals surface area (Å²) in [4.78, 5) is 4.48. The van der Waals surface area contributed by atoms with Crippen molar-refractivity contribution in [1.82, 2.24) is 10.3 Å². The highest BCUT2D eigenvalue weighted by Crippen LogP contribution is 2.17. The van der Waals surface area contributed by atoms with Crippen molar-refractivity contribution < 1.29 is 8.42 Å². The maximum absolute atomic E-state index is 11.1. The van der Waals surface area contributed by atoms with Crippen LogP contribution in [0.4, 0.5) is 0 Å². The molecule has 0 unspecified atom stereocenters. The minimum atomic E-state index is -2.90. The minimum absolute atomic E-state index is 0.162. The highest BCUT2D eigenvalue weighted by atomic mass is 32.2. The van der Waals surface area contributed by atoms with E-state index in [1.807, 2.05) is 37.3 Å². The Kier molecular flexibility index (Phi) is 4.17. The average molecular weight is 278 g/mol. The van der Waals surface area contributed by atoms with E-state index >= 15 is 0 Å². The monoisotopic (exact) mass is 278 g/mol. The SMILES string of the molecule is Cc1cc(CNCCS(C)(=O)=O)c2ccccc2n1. The topological polar surface area (TPSA) is 59.1 Å². The molecule has 1 aromatic heterocycles. The smallest absolute Gasteiger partial charge is 0.148 e. The number of pyridine rings is 1. The first kappa shape index (κ1) is 14.0. The molecule has 4 nitrogen and oxygen atoms in total. The summed E-state index contributed by atoms with van der Waals surface area (Å²) in [6.45, 7) is 3.08. The minimum Gasteiger partial charge on any atom is -0.312 e. The van der Waals surface area contributed by atoms with E-state index in [-0.39, 0.29) is 5.75 Å². The molecule has 0 aliphatic carbocycles. The van der Waals surface area contributed by atoms with Gasteiger partial charge >= 0.3 is 0 Å². The highest BCUT2D eigenvalue weighted by Gasteiger charge is 2.04. The first-order chi connectivity index (χ1) is 8.96. The van der Waals surface area contributed by atoms with E-state index in [2.05, 4.69) is 10.3 Å². The van der Waals surface area contributed by atoms with Gasteiger partial charge in [-0.05, 0) is 24.6 Å². The van der Waals surface area contributed by atoms with Crippen molar-refractivity contribution in [2.45, 2.75) is 13.5 Å². The molecule has 1 heterocycles. The van der Waals surface area contributed by atoms with Gasteiger partial charge in [0.1, 0.15) is 9.84 Å². The van der Waals surface area contributed by atoms with Crippen molar-refractivity contribution in [3.63, 3.8) is 0 Å². The molecule has 2 rings (SSSR count). The molecule has 0 saturated carbocycles. The number of nitrogens with one attached hydrogen (secondary N) is 1. The van der Waals surface area contributed by atoms with Crippen molar-refractivity contribution in [3.05, 3.63) is 41.6 Å². The standard InChI is InChI=1S/C14H18N2O2S/c1-11-9-12(10-15-7-8-19(2,17)18)13-5-3-4-6-14(13)16-11/h3-6,9,15H,7-8,10H2,1-2H3. The van der Waals surface area contributed by atoms with E-state index in [0.717, 1.165) is 22.2 Å². The van der Waals surface area contributed by atoms with Crippen molar-refractivity contribution >= 4 is 20.7 Å². The number of hydrogen-bond acceptors (Lipinski definition) is 4. The molecule has 102 valence electrons. The zero-order chi connectivity index (χ0) is 13.9. The highest BCUT2D eigenvalue weighted by molar-refractivity contribution is 7.90. The van der Waals surface area contributed by atoms with Crippen molar-refractivity contribution in [2.75, 3.05) is 18.6 Å². The van der Waals surface area contributed by atoms with E-state index in [1.165, 1.54) is 6.26 Å². The molecule has 1 aromatic carbocycles. The number of benzene rings is 1. The van der Waals surface area contributed by atoms with Crippen LogP contribution < -0.4 is 5.32 Å². The van der Waals surface area contributed by atoms with Crippen LogP contribution in [0.1, 0.15) is 11.3 Å². The Morgan fingerprint density at radius 1 is 1.26 bits per heavy atom. The van der Waals surface area contributed by atoms with Gasteiger partial charge in [-0.15, -0.1) is 0 Å². The molecule has 0 aliphatic heterocycles. The Balaban J connectivity index is 2.12. The number of aromatic nitrogens is 1. The molecule has 0 aliphatic rings. The van der Waals surface area contributed by atoms with E-state index in [9.17, 15) is 8.42 Å². The van der Waals surface area contributed by atoms with Gasteiger partial charge in [0.15, 0.2) is 0 Å². The normalized spacial score (nSPS) is 11.9. The van der Waals surface area contributed by atoms with Crippen molar-refractivity contribution in [3.8, 4) is 0 Å². The van der Waals surface area contributed by atoms with E-state index in [4.69, 9.17) is 0 Å². The zero-order valence-corrected chi connectivity index (χ0v) is 12.0. The molecule has 2 aromatic rings. The van der Waals surface area contributed by atoms with Crippen molar-refractivity contribution in [1.29, 1.82) is 0 Å². The molecule has 0 amide bonds. The van der Waals surface area contributed by atoms with Gasteiger partial charge < -0.3 is 5.32 Å². The number of hydrogen-bond donors (Lipinski definition) is 1. The Morgan fingerprint density at radius 3 is 2.74 bits per heavy atom. The van der Waals surface area contributed by atoms with Crippen LogP contribution in [0.25, 0.3) is 10.9 Å². The second-order valence-corrected chi connectivity index (χ2v) is 7.01. The van der Waals surface area contributed by atoms with E-state index in [1.54, 1.807) is 0 Å². The zero-order valence-electron chi connectivity index (χ0n) is 11.2. The van der Waals surface area contributed by atoms with Gasteiger partial charge in [-0.25, -0.2) is 8.42 Å². The van der Waals surface area contributed by atoms with Gasteiger partial charge in [0.2, 0.25) is 0 Å². The lowest BCUT2D eigenvalue weighted by Crippen LogP contribution is -2.22. The second-order valence-electron chi connectivity index (χ2n) is 4.75. The van der Waals surface area contributed by atoms with Crippen LogP contribution in [0.5, 0.6) is 0 Å². The predicted molar refractivity (Wildman–Crippen MR) is 77.9 cm³/mol. The third-order valence-corrected chi connectivity index (χ3v) is 3.84. The van der Waals surface area contributed by atoms with Crippen LogP contribution in [0.3, 0.4) is 0 Å². The Labute approximate surface area is 113 Å². The van der Waals surface area contributed by atoms with Crippen LogP contribution in [-0.2, 0) is 16.4 Å². The summed E-state index contributed by atoms with van der Waals surface area (Å²) in [6, 6.07) is 10.0. The second kappa shape index (κ2) is 5.67. The van der Waals surface area contributed by atoms with Crippen LogP contribution in [0, 0.1) is 6.92 Å². The molecular weight excluding hydrogens is 260 g/mol. The third kappa shape index (κ3) is 4.01. The summed E-state index contributed by atoms with van der Waals surface area (Å²) < 4.78 is 22.1. The fourth-order valence-corrected chi connectivity index (χ4v) is 2.54. The van der Waals surface area contributed by atoms with E-state index < -0.39 is 9.84 Å². The number of nitrogens with zero attached hydrogens (tertiary/aromatic N) is 1. The molecule has 1 N–H and O–H groups in total.